The average Bonchev–Trinajstić information content (AvgIpc) is 2.72. The lowest BCUT2D eigenvalue weighted by atomic mass is 10.4. The molecule has 0 unspecified atom stereocenters. The molecule has 0 fully saturated rings. The lowest BCUT2D eigenvalue weighted by molar-refractivity contribution is 0.0704. The number of nitrogens with one attached hydrogen (secondary N) is 1. The minimum atomic E-state index is 0.272. The third-order valence-corrected chi connectivity index (χ3v) is 2.35. The van der Waals surface area contributed by atoms with Crippen LogP contribution in [0.1, 0.15) is 19.5 Å². The van der Waals surface area contributed by atoms with Crippen molar-refractivity contribution in [2.45, 2.75) is 33.0 Å². The standard InChI is InChI=1S/C12H23N3O2/c1-11(2)17-9-7-15-12(4-5-14-15)10-13-6-8-16-3/h4-5,11,13H,6-10H2,1-3H3. The quantitative estimate of drug-likeness (QED) is 0.656. The van der Waals surface area contributed by atoms with Crippen LogP contribution in [0.25, 0.3) is 0 Å². The maximum atomic E-state index is 5.51. The Morgan fingerprint density at radius 3 is 2.94 bits per heavy atom. The largest absolute Gasteiger partial charge is 0.383 e. The van der Waals surface area contributed by atoms with E-state index >= 15 is 0 Å². The van der Waals surface area contributed by atoms with Gasteiger partial charge in [0.2, 0.25) is 0 Å². The van der Waals surface area contributed by atoms with Crippen molar-refractivity contribution in [2.75, 3.05) is 26.9 Å². The highest BCUT2D eigenvalue weighted by atomic mass is 16.5. The molecule has 0 spiro atoms. The molecule has 1 aromatic heterocycles. The fourth-order valence-corrected chi connectivity index (χ4v) is 1.48. The smallest absolute Gasteiger partial charge is 0.0666 e. The van der Waals surface area contributed by atoms with Gasteiger partial charge in [-0.25, -0.2) is 0 Å². The van der Waals surface area contributed by atoms with Gasteiger partial charge in [0.05, 0.1) is 31.6 Å². The highest BCUT2D eigenvalue weighted by Gasteiger charge is 2.02. The van der Waals surface area contributed by atoms with Crippen molar-refractivity contribution < 1.29 is 9.47 Å². The number of aromatic nitrogens is 2. The fourth-order valence-electron chi connectivity index (χ4n) is 1.48. The van der Waals surface area contributed by atoms with Gasteiger partial charge in [0, 0.05) is 26.4 Å². The van der Waals surface area contributed by atoms with Gasteiger partial charge in [-0.15, -0.1) is 0 Å². The van der Waals surface area contributed by atoms with Crippen molar-refractivity contribution in [3.63, 3.8) is 0 Å². The molecule has 0 saturated carbocycles. The van der Waals surface area contributed by atoms with Crippen LogP contribution in [0.2, 0.25) is 0 Å². The van der Waals surface area contributed by atoms with Crippen LogP contribution in [-0.2, 0) is 22.6 Å². The molecule has 0 amide bonds. The summed E-state index contributed by atoms with van der Waals surface area (Å²) >= 11 is 0. The Kier molecular flexibility index (Phi) is 6.84. The van der Waals surface area contributed by atoms with Crippen molar-refractivity contribution in [3.8, 4) is 0 Å². The third kappa shape index (κ3) is 5.81. The highest BCUT2D eigenvalue weighted by molar-refractivity contribution is 4.99. The molecule has 5 heteroatoms. The first-order valence-electron chi connectivity index (χ1n) is 6.06. The predicted octanol–water partition coefficient (Wildman–Crippen LogP) is 1.04. The molecule has 5 nitrogen and oxygen atoms in total. The van der Waals surface area contributed by atoms with E-state index in [1.54, 1.807) is 7.11 Å². The van der Waals surface area contributed by atoms with Crippen molar-refractivity contribution in [1.29, 1.82) is 0 Å². The lowest BCUT2D eigenvalue weighted by Crippen LogP contribution is -2.21. The van der Waals surface area contributed by atoms with Crippen LogP contribution in [-0.4, -0.2) is 42.8 Å². The Labute approximate surface area is 103 Å². The van der Waals surface area contributed by atoms with Gasteiger partial charge in [0.15, 0.2) is 0 Å². The number of methoxy groups -OCH3 is 1. The van der Waals surface area contributed by atoms with Crippen molar-refractivity contribution in [2.24, 2.45) is 0 Å². The molecule has 98 valence electrons. The zero-order chi connectivity index (χ0) is 12.5. The first-order valence-corrected chi connectivity index (χ1v) is 6.06. The molecule has 0 saturated heterocycles. The Morgan fingerprint density at radius 2 is 2.24 bits per heavy atom. The van der Waals surface area contributed by atoms with E-state index in [9.17, 15) is 0 Å². The molecule has 0 radical (unpaired) electrons. The van der Waals surface area contributed by atoms with E-state index in [0.29, 0.717) is 6.61 Å². The van der Waals surface area contributed by atoms with Gasteiger partial charge in [0.1, 0.15) is 0 Å². The summed E-state index contributed by atoms with van der Waals surface area (Å²) in [4.78, 5) is 0. The Balaban J connectivity index is 2.27. The van der Waals surface area contributed by atoms with Crippen LogP contribution < -0.4 is 5.32 Å². The van der Waals surface area contributed by atoms with Crippen LogP contribution in [0.5, 0.6) is 0 Å². The molecular formula is C12H23N3O2. The second-order valence-electron chi connectivity index (χ2n) is 4.13. The van der Waals surface area contributed by atoms with E-state index in [-0.39, 0.29) is 6.10 Å². The number of ether oxygens (including phenoxy) is 2. The second-order valence-corrected chi connectivity index (χ2v) is 4.13. The Morgan fingerprint density at radius 1 is 1.41 bits per heavy atom. The highest BCUT2D eigenvalue weighted by Crippen LogP contribution is 1.99. The molecule has 1 aromatic rings. The van der Waals surface area contributed by atoms with Gasteiger partial charge >= 0.3 is 0 Å². The van der Waals surface area contributed by atoms with Gasteiger partial charge in [-0.1, -0.05) is 0 Å². The normalized spacial score (nSPS) is 11.3. The molecule has 0 aliphatic heterocycles. The van der Waals surface area contributed by atoms with E-state index in [0.717, 1.165) is 26.2 Å². The summed E-state index contributed by atoms with van der Waals surface area (Å²) in [5.41, 5.74) is 1.17. The monoisotopic (exact) mass is 241 g/mol. The third-order valence-electron chi connectivity index (χ3n) is 2.35. The topological polar surface area (TPSA) is 48.3 Å². The van der Waals surface area contributed by atoms with Crippen LogP contribution in [0.15, 0.2) is 12.3 Å². The summed E-state index contributed by atoms with van der Waals surface area (Å²) in [6, 6.07) is 2.02. The molecule has 0 atom stereocenters. The lowest BCUT2D eigenvalue weighted by Gasteiger charge is -2.10. The summed E-state index contributed by atoms with van der Waals surface area (Å²) in [7, 11) is 1.70. The number of hydrogen-bond acceptors (Lipinski definition) is 4. The summed E-state index contributed by atoms with van der Waals surface area (Å²) in [6.07, 6.45) is 2.09. The molecule has 1 heterocycles. The molecule has 0 bridgehead atoms. The molecule has 1 N–H and O–H groups in total. The predicted molar refractivity (Wildman–Crippen MR) is 66.9 cm³/mol. The van der Waals surface area contributed by atoms with Crippen molar-refractivity contribution in [1.82, 2.24) is 15.1 Å². The molecule has 0 aliphatic carbocycles. The summed E-state index contributed by atoms with van der Waals surface area (Å²) in [6.45, 7) is 7.96. The van der Waals surface area contributed by atoms with Gasteiger partial charge in [0.25, 0.3) is 0 Å². The van der Waals surface area contributed by atoms with Crippen LogP contribution in [0.4, 0.5) is 0 Å². The van der Waals surface area contributed by atoms with Crippen LogP contribution in [0, 0.1) is 0 Å². The summed E-state index contributed by atoms with van der Waals surface area (Å²) in [5, 5.41) is 7.58. The van der Waals surface area contributed by atoms with E-state index in [1.807, 2.05) is 30.8 Å². The zero-order valence-corrected chi connectivity index (χ0v) is 11.0. The van der Waals surface area contributed by atoms with E-state index in [4.69, 9.17) is 9.47 Å². The minimum absolute atomic E-state index is 0.272. The van der Waals surface area contributed by atoms with E-state index in [1.165, 1.54) is 5.69 Å². The number of nitrogens with zero attached hydrogens (tertiary/aromatic N) is 2. The minimum Gasteiger partial charge on any atom is -0.383 e. The first-order chi connectivity index (χ1) is 8.24. The SMILES string of the molecule is COCCNCc1ccnn1CCOC(C)C. The Bertz CT molecular complexity index is 300. The van der Waals surface area contributed by atoms with Gasteiger partial charge < -0.3 is 14.8 Å². The van der Waals surface area contributed by atoms with E-state index < -0.39 is 0 Å². The fraction of sp³-hybridized carbons (Fsp3) is 0.750. The van der Waals surface area contributed by atoms with Gasteiger partial charge in [-0.05, 0) is 19.9 Å². The molecular weight excluding hydrogens is 218 g/mol. The number of rotatable bonds is 9. The van der Waals surface area contributed by atoms with Crippen molar-refractivity contribution >= 4 is 0 Å². The van der Waals surface area contributed by atoms with Crippen LogP contribution in [0.3, 0.4) is 0 Å². The average molecular weight is 241 g/mol. The molecule has 17 heavy (non-hydrogen) atoms. The van der Waals surface area contributed by atoms with Crippen molar-refractivity contribution in [3.05, 3.63) is 18.0 Å². The summed E-state index contributed by atoms with van der Waals surface area (Å²) in [5.74, 6) is 0. The maximum absolute atomic E-state index is 5.51. The van der Waals surface area contributed by atoms with Crippen LogP contribution >= 0.6 is 0 Å². The van der Waals surface area contributed by atoms with E-state index in [2.05, 4.69) is 10.4 Å². The summed E-state index contributed by atoms with van der Waals surface area (Å²) < 4.78 is 12.5. The van der Waals surface area contributed by atoms with Gasteiger partial charge in [-0.3, -0.25) is 4.68 Å². The molecule has 1 rings (SSSR count). The maximum Gasteiger partial charge on any atom is 0.0666 e. The first kappa shape index (κ1) is 14.2. The molecule has 0 aliphatic rings. The van der Waals surface area contributed by atoms with Gasteiger partial charge in [-0.2, -0.15) is 5.10 Å². The molecule has 0 aromatic carbocycles. The Hall–Kier alpha value is -0.910. The zero-order valence-electron chi connectivity index (χ0n) is 11.0. The second kappa shape index (κ2) is 8.22. The number of hydrogen-bond donors (Lipinski definition) is 1.